The Hall–Kier alpha value is -1.26. The van der Waals surface area contributed by atoms with Gasteiger partial charge in [0.05, 0.1) is 14.1 Å². The lowest BCUT2D eigenvalue weighted by molar-refractivity contribution is -0.786. The Bertz CT molecular complexity index is 406. The number of nitrogens with one attached hydrogen (secondary N) is 2. The minimum absolute atomic E-state index is 0. The van der Waals surface area contributed by atoms with Gasteiger partial charge in [0.25, 0.3) is 0 Å². The molecule has 1 aromatic carbocycles. The molecule has 1 rings (SSSR count). The first-order valence-electron chi connectivity index (χ1n) is 5.27. The van der Waals surface area contributed by atoms with Crippen molar-refractivity contribution in [3.63, 3.8) is 0 Å². The van der Waals surface area contributed by atoms with Gasteiger partial charge in [0.15, 0.2) is 0 Å². The number of rotatable bonds is 2. The van der Waals surface area contributed by atoms with Crippen molar-refractivity contribution in [3.05, 3.63) is 23.3 Å². The molecule has 0 spiro atoms. The van der Waals surface area contributed by atoms with Crippen LogP contribution in [0.4, 0.5) is 10.5 Å². The number of amides is 1. The average Bonchev–Trinajstić information content (AvgIpc) is 2.21. The summed E-state index contributed by atoms with van der Waals surface area (Å²) in [7, 11) is 5.63. The third kappa shape index (κ3) is 3.91. The highest BCUT2D eigenvalue weighted by Crippen LogP contribution is 2.24. The lowest BCUT2D eigenvalue weighted by atomic mass is 10.1. The Balaban J connectivity index is 0.00000256. The molecule has 0 aromatic heterocycles. The van der Waals surface area contributed by atoms with Crippen LogP contribution in [0.1, 0.15) is 11.1 Å². The number of quaternary nitrogens is 1. The van der Waals surface area contributed by atoms with Gasteiger partial charge >= 0.3 is 6.09 Å². The highest BCUT2D eigenvalue weighted by Gasteiger charge is 2.12. The monoisotopic (exact) mass is 258 g/mol. The number of hydrogen-bond donors (Lipinski definition) is 2. The van der Waals surface area contributed by atoms with E-state index in [1.165, 1.54) is 10.5 Å². The molecule has 0 unspecified atom stereocenters. The minimum Gasteiger partial charge on any atom is -1.00 e. The lowest BCUT2D eigenvalue weighted by Gasteiger charge is -2.13. The van der Waals surface area contributed by atoms with E-state index in [1.54, 1.807) is 7.05 Å². The average molecular weight is 259 g/mol. The van der Waals surface area contributed by atoms with Crippen molar-refractivity contribution >= 4 is 11.8 Å². The molecule has 0 saturated heterocycles. The van der Waals surface area contributed by atoms with Crippen molar-refractivity contribution in [1.29, 1.82) is 0 Å². The summed E-state index contributed by atoms with van der Waals surface area (Å²) in [5.41, 5.74) is 3.29. The molecule has 0 radical (unpaired) electrons. The van der Waals surface area contributed by atoms with Crippen LogP contribution in [0, 0.1) is 13.8 Å². The second-order valence-corrected chi connectivity index (χ2v) is 4.07. The molecule has 0 aliphatic heterocycles. The largest absolute Gasteiger partial charge is 1.00 e. The lowest BCUT2D eigenvalue weighted by Crippen LogP contribution is -3.00. The molecule has 0 heterocycles. The fourth-order valence-electron chi connectivity index (χ4n) is 1.63. The van der Waals surface area contributed by atoms with Gasteiger partial charge in [-0.05, 0) is 25.5 Å². The van der Waals surface area contributed by atoms with Crippen molar-refractivity contribution in [2.75, 3.05) is 21.1 Å². The van der Waals surface area contributed by atoms with E-state index in [4.69, 9.17) is 4.74 Å². The van der Waals surface area contributed by atoms with Gasteiger partial charge in [-0.1, -0.05) is 0 Å². The fraction of sp³-hybridized carbons (Fsp3) is 0.417. The van der Waals surface area contributed by atoms with Crippen molar-refractivity contribution < 1.29 is 26.8 Å². The Morgan fingerprint density at radius 3 is 2.29 bits per heavy atom. The molecular weight excluding hydrogens is 240 g/mol. The Labute approximate surface area is 108 Å². The molecule has 0 saturated carbocycles. The summed E-state index contributed by atoms with van der Waals surface area (Å²) in [6.45, 7) is 3.99. The zero-order valence-corrected chi connectivity index (χ0v) is 11.6. The predicted molar refractivity (Wildman–Crippen MR) is 63.5 cm³/mol. The number of hydrogen-bond acceptors (Lipinski definition) is 2. The normalized spacial score (nSPS) is 9.76. The van der Waals surface area contributed by atoms with E-state index in [0.29, 0.717) is 5.75 Å². The zero-order valence-electron chi connectivity index (χ0n) is 10.8. The van der Waals surface area contributed by atoms with Crippen LogP contribution in [-0.2, 0) is 0 Å². The maximum Gasteiger partial charge on any atom is 0.412 e. The van der Waals surface area contributed by atoms with E-state index in [9.17, 15) is 4.79 Å². The van der Waals surface area contributed by atoms with Crippen LogP contribution < -0.4 is 27.4 Å². The highest BCUT2D eigenvalue weighted by atomic mass is 35.5. The van der Waals surface area contributed by atoms with Gasteiger partial charge in [0.1, 0.15) is 11.4 Å². The molecule has 0 atom stereocenters. The highest BCUT2D eigenvalue weighted by molar-refractivity contribution is 5.71. The van der Waals surface area contributed by atoms with E-state index in [1.807, 2.05) is 33.2 Å². The van der Waals surface area contributed by atoms with E-state index < -0.39 is 6.09 Å². The Morgan fingerprint density at radius 2 is 1.82 bits per heavy atom. The molecule has 0 fully saturated rings. The van der Waals surface area contributed by atoms with Crippen LogP contribution in [0.2, 0.25) is 0 Å². The molecule has 0 bridgehead atoms. The first kappa shape index (κ1) is 15.7. The van der Waals surface area contributed by atoms with Gasteiger partial charge in [0.2, 0.25) is 0 Å². The van der Waals surface area contributed by atoms with Crippen LogP contribution >= 0.6 is 0 Å². The van der Waals surface area contributed by atoms with Gasteiger partial charge in [0, 0.05) is 18.7 Å². The molecule has 2 N–H and O–H groups in total. The zero-order chi connectivity index (χ0) is 12.3. The quantitative estimate of drug-likeness (QED) is 0.633. The fourth-order valence-corrected chi connectivity index (χ4v) is 1.63. The van der Waals surface area contributed by atoms with Crippen LogP contribution in [-0.4, -0.2) is 27.2 Å². The number of benzene rings is 1. The van der Waals surface area contributed by atoms with Crippen molar-refractivity contribution in [2.24, 2.45) is 0 Å². The summed E-state index contributed by atoms with van der Waals surface area (Å²) in [6.07, 6.45) is -0.438. The number of carbonyl (C=O) groups is 1. The summed E-state index contributed by atoms with van der Waals surface area (Å²) < 4.78 is 5.18. The molecular formula is C12H19ClN2O2. The molecule has 5 heteroatoms. The minimum atomic E-state index is -0.438. The van der Waals surface area contributed by atoms with Crippen LogP contribution in [0.3, 0.4) is 0 Å². The first-order chi connectivity index (χ1) is 7.45. The molecule has 96 valence electrons. The van der Waals surface area contributed by atoms with Gasteiger partial charge in [-0.2, -0.15) is 0 Å². The van der Waals surface area contributed by atoms with Crippen molar-refractivity contribution in [1.82, 2.24) is 5.32 Å². The molecule has 0 aliphatic carbocycles. The second-order valence-electron chi connectivity index (χ2n) is 4.07. The van der Waals surface area contributed by atoms with Gasteiger partial charge < -0.3 is 27.4 Å². The summed E-state index contributed by atoms with van der Waals surface area (Å²) in [6, 6.07) is 3.94. The van der Waals surface area contributed by atoms with Crippen LogP contribution in [0.25, 0.3) is 0 Å². The molecule has 17 heavy (non-hydrogen) atoms. The van der Waals surface area contributed by atoms with Gasteiger partial charge in [-0.25, -0.2) is 4.79 Å². The van der Waals surface area contributed by atoms with E-state index in [-0.39, 0.29) is 12.4 Å². The summed E-state index contributed by atoms with van der Waals surface area (Å²) in [4.78, 5) is 12.4. The maximum atomic E-state index is 11.2. The van der Waals surface area contributed by atoms with E-state index in [2.05, 4.69) is 12.2 Å². The molecule has 1 amide bonds. The third-order valence-electron chi connectivity index (χ3n) is 2.47. The number of halogens is 1. The maximum absolute atomic E-state index is 11.2. The van der Waals surface area contributed by atoms with Gasteiger partial charge in [-0.15, -0.1) is 0 Å². The SMILES string of the molecule is CNC(=O)Oc1cc([NH+](C)C)c(C)cc1C.[Cl-]. The summed E-state index contributed by atoms with van der Waals surface area (Å²) in [5.74, 6) is 0.612. The van der Waals surface area contributed by atoms with Crippen molar-refractivity contribution in [2.45, 2.75) is 13.8 Å². The Morgan fingerprint density at radius 1 is 1.24 bits per heavy atom. The molecule has 0 aliphatic rings. The first-order valence-corrected chi connectivity index (χ1v) is 5.27. The predicted octanol–water partition coefficient (Wildman–Crippen LogP) is -2.20. The second kappa shape index (κ2) is 6.47. The number of carbonyl (C=O) groups excluding carboxylic acids is 1. The smallest absolute Gasteiger partial charge is 0.412 e. The van der Waals surface area contributed by atoms with Gasteiger partial charge in [-0.3, -0.25) is 0 Å². The summed E-state index contributed by atoms with van der Waals surface area (Å²) >= 11 is 0. The van der Waals surface area contributed by atoms with Crippen LogP contribution in [0.5, 0.6) is 5.75 Å². The number of aryl methyl sites for hydroxylation is 2. The molecule has 4 nitrogen and oxygen atoms in total. The Kier molecular flexibility index (Phi) is 5.99. The van der Waals surface area contributed by atoms with E-state index >= 15 is 0 Å². The van der Waals surface area contributed by atoms with E-state index in [0.717, 1.165) is 11.3 Å². The number of ether oxygens (including phenoxy) is 1. The molecule has 1 aromatic rings. The van der Waals surface area contributed by atoms with Crippen LogP contribution in [0.15, 0.2) is 12.1 Å². The van der Waals surface area contributed by atoms with Crippen molar-refractivity contribution in [3.8, 4) is 5.75 Å². The standard InChI is InChI=1S/C12H18N2O2.ClH/c1-8-6-9(2)11(16-12(15)13-3)7-10(8)14(4)5;/h6-7H,1-5H3,(H,13,15);1H. The summed E-state index contributed by atoms with van der Waals surface area (Å²) in [5, 5.41) is 2.44. The topological polar surface area (TPSA) is 42.8 Å². The third-order valence-corrected chi connectivity index (χ3v) is 2.47.